The molecule has 32 heavy (non-hydrogen) atoms. The molecule has 0 aliphatic heterocycles. The number of amides is 2. The Morgan fingerprint density at radius 2 is 1.53 bits per heavy atom. The Morgan fingerprint density at radius 3 is 2.09 bits per heavy atom. The third-order valence-electron chi connectivity index (χ3n) is 4.75. The summed E-state index contributed by atoms with van der Waals surface area (Å²) >= 11 is 25.7. The van der Waals surface area contributed by atoms with E-state index in [-0.39, 0.29) is 24.1 Å². The SMILES string of the molecule is CCCNC(=O)C(CC)N(Cc1ccc(Cl)c(Cl)c1)C(=O)CSCc1ccc(Cl)c(Cl)c1. The molecule has 0 bridgehead atoms. The van der Waals surface area contributed by atoms with Crippen LogP contribution in [0.15, 0.2) is 36.4 Å². The number of nitrogens with one attached hydrogen (secondary N) is 1. The van der Waals surface area contributed by atoms with Crippen LogP contribution < -0.4 is 5.32 Å². The van der Waals surface area contributed by atoms with Gasteiger partial charge in [-0.15, -0.1) is 11.8 Å². The minimum Gasteiger partial charge on any atom is -0.354 e. The van der Waals surface area contributed by atoms with E-state index in [9.17, 15) is 9.59 Å². The lowest BCUT2D eigenvalue weighted by Gasteiger charge is -2.30. The van der Waals surface area contributed by atoms with Gasteiger partial charge in [-0.25, -0.2) is 0 Å². The van der Waals surface area contributed by atoms with E-state index in [1.165, 1.54) is 11.8 Å². The van der Waals surface area contributed by atoms with Gasteiger partial charge in [0.15, 0.2) is 0 Å². The molecule has 2 rings (SSSR count). The Morgan fingerprint density at radius 1 is 0.938 bits per heavy atom. The second kappa shape index (κ2) is 13.6. The van der Waals surface area contributed by atoms with Crippen molar-refractivity contribution in [2.75, 3.05) is 12.3 Å². The van der Waals surface area contributed by atoms with E-state index < -0.39 is 6.04 Å². The maximum absolute atomic E-state index is 13.2. The van der Waals surface area contributed by atoms with Gasteiger partial charge < -0.3 is 10.2 Å². The van der Waals surface area contributed by atoms with Gasteiger partial charge in [-0.2, -0.15) is 0 Å². The number of hydrogen-bond acceptors (Lipinski definition) is 3. The normalized spacial score (nSPS) is 11.8. The van der Waals surface area contributed by atoms with Crippen molar-refractivity contribution >= 4 is 70.0 Å². The molecule has 4 nitrogen and oxygen atoms in total. The van der Waals surface area contributed by atoms with E-state index >= 15 is 0 Å². The van der Waals surface area contributed by atoms with Crippen molar-refractivity contribution in [2.24, 2.45) is 0 Å². The molecular formula is C23H26Cl4N2O2S. The lowest BCUT2D eigenvalue weighted by molar-refractivity contribution is -0.139. The average molecular weight is 536 g/mol. The average Bonchev–Trinajstić information content (AvgIpc) is 2.76. The first-order chi connectivity index (χ1) is 15.3. The van der Waals surface area contributed by atoms with Crippen LogP contribution in [0, 0.1) is 0 Å². The van der Waals surface area contributed by atoms with Crippen LogP contribution in [0.25, 0.3) is 0 Å². The molecule has 2 aromatic rings. The molecule has 0 saturated carbocycles. The van der Waals surface area contributed by atoms with Crippen molar-refractivity contribution in [3.63, 3.8) is 0 Å². The summed E-state index contributed by atoms with van der Waals surface area (Å²) < 4.78 is 0. The summed E-state index contributed by atoms with van der Waals surface area (Å²) in [4.78, 5) is 27.6. The van der Waals surface area contributed by atoms with E-state index in [0.717, 1.165) is 17.5 Å². The van der Waals surface area contributed by atoms with Crippen molar-refractivity contribution < 1.29 is 9.59 Å². The van der Waals surface area contributed by atoms with Crippen molar-refractivity contribution in [3.8, 4) is 0 Å². The Labute approximate surface area is 213 Å². The number of benzene rings is 2. The number of hydrogen-bond donors (Lipinski definition) is 1. The first kappa shape index (κ1) is 27.1. The molecule has 0 heterocycles. The Hall–Kier alpha value is -1.11. The van der Waals surface area contributed by atoms with Crippen molar-refractivity contribution in [1.29, 1.82) is 0 Å². The van der Waals surface area contributed by atoms with Crippen molar-refractivity contribution in [2.45, 2.75) is 45.0 Å². The Kier molecular flexibility index (Phi) is 11.5. The number of rotatable bonds is 11. The summed E-state index contributed by atoms with van der Waals surface area (Å²) in [5.41, 5.74) is 1.78. The molecule has 174 valence electrons. The van der Waals surface area contributed by atoms with E-state index in [1.54, 1.807) is 29.2 Å². The third kappa shape index (κ3) is 8.03. The van der Waals surface area contributed by atoms with Gasteiger partial charge in [-0.1, -0.05) is 72.4 Å². The predicted octanol–water partition coefficient (Wildman–Crippen LogP) is 6.87. The van der Waals surface area contributed by atoms with Crippen LogP contribution in [-0.2, 0) is 21.9 Å². The lowest BCUT2D eigenvalue weighted by Crippen LogP contribution is -2.49. The van der Waals surface area contributed by atoms with Crippen LogP contribution in [-0.4, -0.2) is 35.1 Å². The van der Waals surface area contributed by atoms with Gasteiger partial charge in [0.25, 0.3) is 0 Å². The first-order valence-corrected chi connectivity index (χ1v) is 13.0. The first-order valence-electron chi connectivity index (χ1n) is 10.3. The number of halogens is 4. The van der Waals surface area contributed by atoms with Gasteiger partial charge in [-0.05, 0) is 48.2 Å². The quantitative estimate of drug-likeness (QED) is 0.341. The molecule has 0 aromatic heterocycles. The largest absolute Gasteiger partial charge is 0.354 e. The highest BCUT2D eigenvalue weighted by Gasteiger charge is 2.28. The lowest BCUT2D eigenvalue weighted by atomic mass is 10.1. The van der Waals surface area contributed by atoms with Crippen molar-refractivity contribution in [1.82, 2.24) is 10.2 Å². The van der Waals surface area contributed by atoms with Crippen LogP contribution >= 0.6 is 58.2 Å². The molecule has 0 aliphatic rings. The zero-order chi connectivity index (χ0) is 23.7. The van der Waals surface area contributed by atoms with Crippen LogP contribution in [0.1, 0.15) is 37.8 Å². The van der Waals surface area contributed by atoms with Gasteiger partial charge in [0.1, 0.15) is 6.04 Å². The number of carbonyl (C=O) groups excluding carboxylic acids is 2. The predicted molar refractivity (Wildman–Crippen MR) is 137 cm³/mol. The topological polar surface area (TPSA) is 49.4 Å². The molecule has 1 unspecified atom stereocenters. The van der Waals surface area contributed by atoms with Gasteiger partial charge in [0, 0.05) is 18.8 Å². The van der Waals surface area contributed by atoms with Crippen LogP contribution in [0.2, 0.25) is 20.1 Å². The number of nitrogens with zero attached hydrogens (tertiary/aromatic N) is 1. The summed E-state index contributed by atoms with van der Waals surface area (Å²) in [7, 11) is 0. The monoisotopic (exact) mass is 534 g/mol. The summed E-state index contributed by atoms with van der Waals surface area (Å²) in [6.07, 6.45) is 1.32. The number of thioether (sulfide) groups is 1. The summed E-state index contributed by atoms with van der Waals surface area (Å²) in [6, 6.07) is 10.1. The summed E-state index contributed by atoms with van der Waals surface area (Å²) in [5, 5.41) is 4.73. The van der Waals surface area contributed by atoms with E-state index in [2.05, 4.69) is 5.32 Å². The Bertz CT molecular complexity index is 942. The molecule has 9 heteroatoms. The van der Waals surface area contributed by atoms with Gasteiger partial charge in [-0.3, -0.25) is 9.59 Å². The molecule has 0 spiro atoms. The maximum Gasteiger partial charge on any atom is 0.242 e. The fraction of sp³-hybridized carbons (Fsp3) is 0.391. The molecule has 0 aliphatic carbocycles. The molecule has 1 atom stereocenters. The van der Waals surface area contributed by atoms with E-state index in [4.69, 9.17) is 46.4 Å². The van der Waals surface area contributed by atoms with Crippen LogP contribution in [0.5, 0.6) is 0 Å². The van der Waals surface area contributed by atoms with Crippen molar-refractivity contribution in [3.05, 3.63) is 67.6 Å². The minimum atomic E-state index is -0.575. The smallest absolute Gasteiger partial charge is 0.242 e. The second-order valence-electron chi connectivity index (χ2n) is 7.23. The molecule has 2 amide bonds. The highest BCUT2D eigenvalue weighted by atomic mass is 35.5. The highest BCUT2D eigenvalue weighted by Crippen LogP contribution is 2.26. The summed E-state index contributed by atoms with van der Waals surface area (Å²) in [5.74, 6) is 0.540. The standard InChI is InChI=1S/C23H26Cl4N2O2S/c1-3-9-28-23(31)21(4-2)29(12-15-5-7-17(24)19(26)10-15)22(30)14-32-13-16-6-8-18(25)20(27)11-16/h5-8,10-11,21H,3-4,9,12-14H2,1-2H3,(H,28,31). The van der Waals surface area contributed by atoms with Crippen LogP contribution in [0.3, 0.4) is 0 Å². The van der Waals surface area contributed by atoms with Gasteiger partial charge in [0.05, 0.1) is 25.8 Å². The highest BCUT2D eigenvalue weighted by molar-refractivity contribution is 7.99. The zero-order valence-corrected chi connectivity index (χ0v) is 21.8. The fourth-order valence-corrected chi connectivity index (χ4v) is 4.59. The van der Waals surface area contributed by atoms with Gasteiger partial charge >= 0.3 is 0 Å². The third-order valence-corrected chi connectivity index (χ3v) is 7.22. The number of carbonyl (C=O) groups is 2. The Balaban J connectivity index is 2.15. The van der Waals surface area contributed by atoms with Gasteiger partial charge in [0.2, 0.25) is 11.8 Å². The minimum absolute atomic E-state index is 0.125. The molecule has 0 saturated heterocycles. The summed E-state index contributed by atoms with van der Waals surface area (Å²) in [6.45, 7) is 4.71. The zero-order valence-electron chi connectivity index (χ0n) is 18.0. The molecule has 2 aromatic carbocycles. The maximum atomic E-state index is 13.2. The molecule has 1 N–H and O–H groups in total. The fourth-order valence-electron chi connectivity index (χ4n) is 3.09. The van der Waals surface area contributed by atoms with E-state index in [0.29, 0.717) is 38.8 Å². The second-order valence-corrected chi connectivity index (χ2v) is 9.84. The molecule has 0 radical (unpaired) electrons. The molecular weight excluding hydrogens is 510 g/mol. The molecule has 0 fully saturated rings. The van der Waals surface area contributed by atoms with Crippen LogP contribution in [0.4, 0.5) is 0 Å². The van der Waals surface area contributed by atoms with E-state index in [1.807, 2.05) is 26.0 Å².